The molecule has 0 amide bonds. The number of hydrogen-bond donors (Lipinski definition) is 1. The van der Waals surface area contributed by atoms with Gasteiger partial charge in [0.25, 0.3) is 0 Å². The Balaban J connectivity index is 2.75. The molecule has 0 aliphatic rings. The van der Waals surface area contributed by atoms with Gasteiger partial charge in [-0.3, -0.25) is 0 Å². The number of aliphatic carboxylic acids is 1. The van der Waals surface area contributed by atoms with Crippen molar-refractivity contribution < 1.29 is 14.3 Å². The zero-order valence-electron chi connectivity index (χ0n) is 7.70. The molecule has 1 rings (SSSR count). The number of rotatable bonds is 3. The highest BCUT2D eigenvalue weighted by molar-refractivity contribution is 5.86. The number of furan rings is 1. The molecule has 0 bridgehead atoms. The molecule has 0 aromatic carbocycles. The van der Waals surface area contributed by atoms with E-state index in [1.807, 2.05) is 6.07 Å². The van der Waals surface area contributed by atoms with Gasteiger partial charge in [-0.2, -0.15) is 0 Å². The predicted molar refractivity (Wildman–Crippen MR) is 48.4 cm³/mol. The molecule has 0 spiro atoms. The molecule has 1 N–H and O–H groups in total. The fraction of sp³-hybridized carbons (Fsp3) is 0.300. The Kier molecular flexibility index (Phi) is 2.90. The fourth-order valence-corrected chi connectivity index (χ4v) is 0.990. The van der Waals surface area contributed by atoms with Crippen LogP contribution in [0.1, 0.15) is 19.6 Å². The third-order valence-electron chi connectivity index (χ3n) is 1.98. The Morgan fingerprint density at radius 3 is 2.69 bits per heavy atom. The molecule has 0 radical (unpaired) electrons. The normalized spacial score (nSPS) is 12.5. The lowest BCUT2D eigenvalue weighted by atomic mass is 10.1. The molecule has 0 aliphatic heterocycles. The highest BCUT2D eigenvalue weighted by Crippen LogP contribution is 2.11. The van der Waals surface area contributed by atoms with Crippen LogP contribution in [0, 0.1) is 0 Å². The van der Waals surface area contributed by atoms with Crippen molar-refractivity contribution in [3.8, 4) is 0 Å². The van der Waals surface area contributed by atoms with Crippen LogP contribution < -0.4 is 0 Å². The highest BCUT2D eigenvalue weighted by Gasteiger charge is 2.06. The largest absolute Gasteiger partial charge is 0.478 e. The van der Waals surface area contributed by atoms with Crippen LogP contribution in [-0.2, 0) is 11.2 Å². The lowest BCUT2D eigenvalue weighted by Gasteiger charge is -2.00. The number of carbonyl (C=O) groups is 1. The minimum absolute atomic E-state index is 0.386. The fourth-order valence-electron chi connectivity index (χ4n) is 0.990. The van der Waals surface area contributed by atoms with E-state index in [0.717, 1.165) is 11.3 Å². The molecule has 0 aliphatic carbocycles. The van der Waals surface area contributed by atoms with Crippen molar-refractivity contribution in [1.82, 2.24) is 0 Å². The monoisotopic (exact) mass is 180 g/mol. The van der Waals surface area contributed by atoms with Gasteiger partial charge in [-0.05, 0) is 26.0 Å². The smallest absolute Gasteiger partial charge is 0.331 e. The van der Waals surface area contributed by atoms with Gasteiger partial charge in [0.15, 0.2) is 0 Å². The second kappa shape index (κ2) is 3.94. The summed E-state index contributed by atoms with van der Waals surface area (Å²) in [6.45, 7) is 3.40. The third-order valence-corrected chi connectivity index (χ3v) is 1.98. The van der Waals surface area contributed by atoms with Gasteiger partial charge in [0.05, 0.1) is 6.26 Å². The van der Waals surface area contributed by atoms with Gasteiger partial charge in [-0.25, -0.2) is 4.79 Å². The molecule has 1 aromatic heterocycles. The zero-order valence-corrected chi connectivity index (χ0v) is 7.70. The summed E-state index contributed by atoms with van der Waals surface area (Å²) in [5.41, 5.74) is 1.21. The summed E-state index contributed by atoms with van der Waals surface area (Å²) in [4.78, 5) is 10.6. The van der Waals surface area contributed by atoms with E-state index in [9.17, 15) is 4.79 Å². The Morgan fingerprint density at radius 2 is 2.23 bits per heavy atom. The molecule has 3 heteroatoms. The average molecular weight is 180 g/mol. The number of carboxylic acids is 1. The van der Waals surface area contributed by atoms with Gasteiger partial charge in [-0.1, -0.05) is 5.57 Å². The molecule has 0 unspecified atom stereocenters. The van der Waals surface area contributed by atoms with E-state index in [0.29, 0.717) is 12.0 Å². The molecule has 1 aromatic rings. The van der Waals surface area contributed by atoms with Crippen LogP contribution in [0.3, 0.4) is 0 Å². The average Bonchev–Trinajstić information content (AvgIpc) is 2.55. The molecule has 0 fully saturated rings. The van der Waals surface area contributed by atoms with Gasteiger partial charge >= 0.3 is 5.97 Å². The predicted octanol–water partition coefficient (Wildman–Crippen LogP) is 2.24. The molecule has 3 nitrogen and oxygen atoms in total. The molecular formula is C10H12O3. The van der Waals surface area contributed by atoms with Crippen molar-refractivity contribution in [3.63, 3.8) is 0 Å². The summed E-state index contributed by atoms with van der Waals surface area (Å²) in [5, 5.41) is 8.69. The highest BCUT2D eigenvalue weighted by atomic mass is 16.4. The van der Waals surface area contributed by atoms with Gasteiger partial charge in [0.1, 0.15) is 5.76 Å². The van der Waals surface area contributed by atoms with Crippen molar-refractivity contribution in [1.29, 1.82) is 0 Å². The summed E-state index contributed by atoms with van der Waals surface area (Å²) in [6.07, 6.45) is 2.14. The SMILES string of the molecule is C/C(Cc1ccco1)=C(/C)C(=O)O. The van der Waals surface area contributed by atoms with Crippen LogP contribution >= 0.6 is 0 Å². The third kappa shape index (κ3) is 2.47. The summed E-state index contributed by atoms with van der Waals surface area (Å²) in [5.74, 6) is -0.0813. The van der Waals surface area contributed by atoms with Crippen molar-refractivity contribution in [2.24, 2.45) is 0 Å². The number of hydrogen-bond acceptors (Lipinski definition) is 2. The zero-order chi connectivity index (χ0) is 9.84. The van der Waals surface area contributed by atoms with Crippen molar-refractivity contribution in [2.75, 3.05) is 0 Å². The number of allylic oxidation sites excluding steroid dienone is 1. The van der Waals surface area contributed by atoms with E-state index in [-0.39, 0.29) is 0 Å². The number of carboxylic acid groups (broad SMARTS) is 1. The first-order chi connectivity index (χ1) is 6.11. The van der Waals surface area contributed by atoms with E-state index >= 15 is 0 Å². The van der Waals surface area contributed by atoms with E-state index < -0.39 is 5.97 Å². The lowest BCUT2D eigenvalue weighted by molar-refractivity contribution is -0.132. The molecule has 13 heavy (non-hydrogen) atoms. The maximum absolute atomic E-state index is 10.6. The van der Waals surface area contributed by atoms with Crippen LogP contribution in [0.4, 0.5) is 0 Å². The topological polar surface area (TPSA) is 50.4 Å². The first kappa shape index (κ1) is 9.58. The summed E-state index contributed by atoms with van der Waals surface area (Å²) in [6, 6.07) is 3.62. The van der Waals surface area contributed by atoms with Crippen molar-refractivity contribution >= 4 is 5.97 Å². The lowest BCUT2D eigenvalue weighted by Crippen LogP contribution is -2.00. The van der Waals surface area contributed by atoms with Gasteiger partial charge in [0.2, 0.25) is 0 Å². The first-order valence-electron chi connectivity index (χ1n) is 4.03. The molecule has 0 saturated heterocycles. The molecular weight excluding hydrogens is 168 g/mol. The summed E-state index contributed by atoms with van der Waals surface area (Å²) in [7, 11) is 0. The molecule has 1 heterocycles. The van der Waals surface area contributed by atoms with Crippen LogP contribution in [0.15, 0.2) is 34.0 Å². The second-order valence-corrected chi connectivity index (χ2v) is 2.97. The molecule has 0 saturated carbocycles. The van der Waals surface area contributed by atoms with Crippen LogP contribution in [0.25, 0.3) is 0 Å². The van der Waals surface area contributed by atoms with E-state index in [2.05, 4.69) is 0 Å². The Hall–Kier alpha value is -1.51. The summed E-state index contributed by atoms with van der Waals surface area (Å²) >= 11 is 0. The Labute approximate surface area is 76.7 Å². The van der Waals surface area contributed by atoms with Crippen LogP contribution in [-0.4, -0.2) is 11.1 Å². The quantitative estimate of drug-likeness (QED) is 0.726. The summed E-state index contributed by atoms with van der Waals surface area (Å²) < 4.78 is 5.11. The first-order valence-corrected chi connectivity index (χ1v) is 4.03. The molecule has 0 atom stereocenters. The van der Waals surface area contributed by atoms with Gasteiger partial charge in [-0.15, -0.1) is 0 Å². The van der Waals surface area contributed by atoms with E-state index in [4.69, 9.17) is 9.52 Å². The minimum atomic E-state index is -0.871. The van der Waals surface area contributed by atoms with Crippen molar-refractivity contribution in [3.05, 3.63) is 35.3 Å². The maximum Gasteiger partial charge on any atom is 0.331 e. The second-order valence-electron chi connectivity index (χ2n) is 2.97. The van der Waals surface area contributed by atoms with Gasteiger partial charge in [0, 0.05) is 12.0 Å². The standard InChI is InChI=1S/C10H12O3/c1-7(8(2)10(11)12)6-9-4-3-5-13-9/h3-5H,6H2,1-2H3,(H,11,12)/b8-7+. The molecule has 70 valence electrons. The Morgan fingerprint density at radius 1 is 1.54 bits per heavy atom. The van der Waals surface area contributed by atoms with Gasteiger partial charge < -0.3 is 9.52 Å². The maximum atomic E-state index is 10.6. The van der Waals surface area contributed by atoms with E-state index in [1.165, 1.54) is 0 Å². The van der Waals surface area contributed by atoms with E-state index in [1.54, 1.807) is 26.2 Å². The minimum Gasteiger partial charge on any atom is -0.478 e. The van der Waals surface area contributed by atoms with Crippen LogP contribution in [0.2, 0.25) is 0 Å². The van der Waals surface area contributed by atoms with Crippen molar-refractivity contribution in [2.45, 2.75) is 20.3 Å². The Bertz CT molecular complexity index is 320. The van der Waals surface area contributed by atoms with Crippen LogP contribution in [0.5, 0.6) is 0 Å².